The Morgan fingerprint density at radius 3 is 2.44 bits per heavy atom. The zero-order valence-electron chi connectivity index (χ0n) is 9.82. The van der Waals surface area contributed by atoms with Gasteiger partial charge in [0, 0.05) is 18.9 Å². The first-order chi connectivity index (χ1) is 7.45. The number of aryl methyl sites for hydroxylation is 1. The second kappa shape index (κ2) is 4.92. The van der Waals surface area contributed by atoms with Crippen LogP contribution in [-0.4, -0.2) is 27.6 Å². The summed E-state index contributed by atoms with van der Waals surface area (Å²) in [6, 6.07) is 0. The van der Waals surface area contributed by atoms with Gasteiger partial charge in [-0.2, -0.15) is 0 Å². The molecule has 5 heteroatoms. The van der Waals surface area contributed by atoms with Gasteiger partial charge in [0.05, 0.1) is 5.41 Å². The molecule has 1 heterocycles. The Morgan fingerprint density at radius 2 is 2.00 bits per heavy atom. The van der Waals surface area contributed by atoms with Crippen LogP contribution in [0.2, 0.25) is 0 Å². The molecule has 1 rings (SSSR count). The Kier molecular flexibility index (Phi) is 3.82. The number of aliphatic carboxylic acids is 1. The molecule has 0 radical (unpaired) electrons. The summed E-state index contributed by atoms with van der Waals surface area (Å²) in [7, 11) is 0. The maximum Gasteiger partial charge on any atom is 0.310 e. The van der Waals surface area contributed by atoms with Gasteiger partial charge in [-0.25, -0.2) is 9.97 Å². The van der Waals surface area contributed by atoms with E-state index in [1.807, 2.05) is 6.92 Å². The Balaban J connectivity index is 2.58. The highest BCUT2D eigenvalue weighted by atomic mass is 16.4. The van der Waals surface area contributed by atoms with Crippen molar-refractivity contribution in [2.45, 2.75) is 27.2 Å². The van der Waals surface area contributed by atoms with Crippen molar-refractivity contribution in [3.8, 4) is 0 Å². The predicted octanol–water partition coefficient (Wildman–Crippen LogP) is 1.56. The molecule has 0 aromatic carbocycles. The summed E-state index contributed by atoms with van der Waals surface area (Å²) in [5.41, 5.74) is 0.232. The van der Waals surface area contributed by atoms with Gasteiger partial charge in [-0.05, 0) is 25.8 Å². The molecule has 0 aliphatic heterocycles. The van der Waals surface area contributed by atoms with Gasteiger partial charge in [0.15, 0.2) is 0 Å². The van der Waals surface area contributed by atoms with E-state index in [1.54, 1.807) is 26.2 Å². The van der Waals surface area contributed by atoms with Crippen LogP contribution >= 0.6 is 0 Å². The Morgan fingerprint density at radius 1 is 1.44 bits per heavy atom. The predicted molar refractivity (Wildman–Crippen MR) is 61.3 cm³/mol. The van der Waals surface area contributed by atoms with Gasteiger partial charge in [-0.1, -0.05) is 6.92 Å². The lowest BCUT2D eigenvalue weighted by molar-refractivity contribution is -0.146. The number of carboxylic acid groups (broad SMARTS) is 1. The van der Waals surface area contributed by atoms with E-state index in [0.29, 0.717) is 12.5 Å². The van der Waals surface area contributed by atoms with Gasteiger partial charge in [-0.3, -0.25) is 4.79 Å². The third-order valence-corrected chi connectivity index (χ3v) is 2.38. The minimum atomic E-state index is -0.842. The molecule has 0 saturated heterocycles. The third-order valence-electron chi connectivity index (χ3n) is 2.38. The standard InChI is InChI=1S/C11H17N3O2/c1-4-8-5-12-10(13-6-8)14-7-11(2,3)9(15)16/h5-6H,4,7H2,1-3H3,(H,15,16)(H,12,13,14). The van der Waals surface area contributed by atoms with Crippen LogP contribution < -0.4 is 5.32 Å². The highest BCUT2D eigenvalue weighted by Gasteiger charge is 2.26. The van der Waals surface area contributed by atoms with E-state index in [4.69, 9.17) is 5.11 Å². The monoisotopic (exact) mass is 223 g/mol. The molecule has 1 aromatic rings. The number of rotatable bonds is 5. The largest absolute Gasteiger partial charge is 0.481 e. The van der Waals surface area contributed by atoms with Crippen LogP contribution in [0.5, 0.6) is 0 Å². The summed E-state index contributed by atoms with van der Waals surface area (Å²) >= 11 is 0. The van der Waals surface area contributed by atoms with Crippen molar-refractivity contribution in [2.24, 2.45) is 5.41 Å². The van der Waals surface area contributed by atoms with Crippen molar-refractivity contribution in [1.82, 2.24) is 9.97 Å². The molecule has 0 bridgehead atoms. The Bertz CT molecular complexity index is 360. The molecule has 0 unspecified atom stereocenters. The average Bonchev–Trinajstić information content (AvgIpc) is 2.27. The lowest BCUT2D eigenvalue weighted by atomic mass is 9.94. The van der Waals surface area contributed by atoms with Crippen molar-refractivity contribution in [3.63, 3.8) is 0 Å². The van der Waals surface area contributed by atoms with Crippen molar-refractivity contribution >= 4 is 11.9 Å². The second-order valence-corrected chi connectivity index (χ2v) is 4.31. The van der Waals surface area contributed by atoms with Crippen molar-refractivity contribution < 1.29 is 9.90 Å². The molecule has 1 aromatic heterocycles. The fraction of sp³-hybridized carbons (Fsp3) is 0.545. The summed E-state index contributed by atoms with van der Waals surface area (Å²) in [6.45, 7) is 5.64. The Hall–Kier alpha value is -1.65. The van der Waals surface area contributed by atoms with Crippen LogP contribution in [0.4, 0.5) is 5.95 Å². The number of aromatic nitrogens is 2. The number of hydrogen-bond donors (Lipinski definition) is 2. The van der Waals surface area contributed by atoms with E-state index < -0.39 is 11.4 Å². The molecule has 0 amide bonds. The van der Waals surface area contributed by atoms with E-state index in [-0.39, 0.29) is 0 Å². The molecule has 5 nitrogen and oxygen atoms in total. The number of carbonyl (C=O) groups is 1. The molecule has 0 atom stereocenters. The minimum Gasteiger partial charge on any atom is -0.481 e. The molecule has 2 N–H and O–H groups in total. The summed E-state index contributed by atoms with van der Waals surface area (Å²) in [5, 5.41) is 11.8. The smallest absolute Gasteiger partial charge is 0.310 e. The van der Waals surface area contributed by atoms with Gasteiger partial charge in [0.2, 0.25) is 5.95 Å². The van der Waals surface area contributed by atoms with E-state index in [0.717, 1.165) is 12.0 Å². The Labute approximate surface area is 94.9 Å². The van der Waals surface area contributed by atoms with E-state index in [2.05, 4.69) is 15.3 Å². The molecule has 0 saturated carbocycles. The molecule has 0 aliphatic carbocycles. The van der Waals surface area contributed by atoms with Crippen LogP contribution in [0, 0.1) is 5.41 Å². The van der Waals surface area contributed by atoms with Crippen LogP contribution in [-0.2, 0) is 11.2 Å². The van der Waals surface area contributed by atoms with E-state index in [1.165, 1.54) is 0 Å². The van der Waals surface area contributed by atoms with Crippen molar-refractivity contribution in [3.05, 3.63) is 18.0 Å². The van der Waals surface area contributed by atoms with Crippen LogP contribution in [0.3, 0.4) is 0 Å². The summed E-state index contributed by atoms with van der Waals surface area (Å²) in [5.74, 6) is -0.378. The second-order valence-electron chi connectivity index (χ2n) is 4.31. The van der Waals surface area contributed by atoms with Crippen molar-refractivity contribution in [2.75, 3.05) is 11.9 Å². The van der Waals surface area contributed by atoms with Gasteiger partial charge >= 0.3 is 5.97 Å². The molecule has 88 valence electrons. The maximum absolute atomic E-state index is 10.9. The van der Waals surface area contributed by atoms with Gasteiger partial charge < -0.3 is 10.4 Å². The van der Waals surface area contributed by atoms with Crippen molar-refractivity contribution in [1.29, 1.82) is 0 Å². The fourth-order valence-corrected chi connectivity index (χ4v) is 1.00. The summed E-state index contributed by atoms with van der Waals surface area (Å²) < 4.78 is 0. The SMILES string of the molecule is CCc1cnc(NCC(C)(C)C(=O)O)nc1. The van der Waals surface area contributed by atoms with Gasteiger partial charge in [0.25, 0.3) is 0 Å². The highest BCUT2D eigenvalue weighted by Crippen LogP contribution is 2.15. The van der Waals surface area contributed by atoms with E-state index in [9.17, 15) is 4.79 Å². The van der Waals surface area contributed by atoms with Gasteiger partial charge in [-0.15, -0.1) is 0 Å². The number of carboxylic acids is 1. The number of hydrogen-bond acceptors (Lipinski definition) is 4. The van der Waals surface area contributed by atoms with Gasteiger partial charge in [0.1, 0.15) is 0 Å². The average molecular weight is 223 g/mol. The molecular weight excluding hydrogens is 206 g/mol. The molecule has 16 heavy (non-hydrogen) atoms. The number of nitrogens with one attached hydrogen (secondary N) is 1. The van der Waals surface area contributed by atoms with Crippen LogP contribution in [0.25, 0.3) is 0 Å². The fourth-order valence-electron chi connectivity index (χ4n) is 1.00. The van der Waals surface area contributed by atoms with Crippen LogP contribution in [0.1, 0.15) is 26.3 Å². The minimum absolute atomic E-state index is 0.299. The zero-order valence-corrected chi connectivity index (χ0v) is 9.82. The first-order valence-corrected chi connectivity index (χ1v) is 5.24. The maximum atomic E-state index is 10.9. The lowest BCUT2D eigenvalue weighted by Gasteiger charge is -2.19. The number of nitrogens with zero attached hydrogens (tertiary/aromatic N) is 2. The highest BCUT2D eigenvalue weighted by molar-refractivity contribution is 5.74. The quantitative estimate of drug-likeness (QED) is 0.792. The zero-order chi connectivity index (χ0) is 12.2. The molecule has 0 spiro atoms. The lowest BCUT2D eigenvalue weighted by Crippen LogP contribution is -2.32. The number of anilines is 1. The molecule has 0 aliphatic rings. The van der Waals surface area contributed by atoms with E-state index >= 15 is 0 Å². The topological polar surface area (TPSA) is 75.1 Å². The third kappa shape index (κ3) is 3.18. The summed E-state index contributed by atoms with van der Waals surface area (Å²) in [4.78, 5) is 19.1. The first-order valence-electron chi connectivity index (χ1n) is 5.24. The molecule has 0 fully saturated rings. The summed E-state index contributed by atoms with van der Waals surface area (Å²) in [6.07, 6.45) is 4.37. The normalized spacial score (nSPS) is 11.2. The first kappa shape index (κ1) is 12.4. The van der Waals surface area contributed by atoms with Crippen LogP contribution in [0.15, 0.2) is 12.4 Å². The molecular formula is C11H17N3O2.